The number of amides is 1. The summed E-state index contributed by atoms with van der Waals surface area (Å²) >= 11 is 0. The molecule has 0 aliphatic carbocycles. The number of rotatable bonds is 8. The molecule has 1 aliphatic rings. The van der Waals surface area contributed by atoms with Gasteiger partial charge in [0.1, 0.15) is 6.61 Å². The van der Waals surface area contributed by atoms with Gasteiger partial charge in [-0.15, -0.1) is 0 Å². The Morgan fingerprint density at radius 2 is 1.72 bits per heavy atom. The molecule has 0 saturated carbocycles. The van der Waals surface area contributed by atoms with E-state index in [4.69, 9.17) is 0 Å². The van der Waals surface area contributed by atoms with Gasteiger partial charge in [-0.25, -0.2) is 4.68 Å². The molecule has 0 bridgehead atoms. The molecule has 1 aromatic carbocycles. The number of nitrogens with zero attached hydrogens (tertiary/aromatic N) is 4. The lowest BCUT2D eigenvalue weighted by Crippen LogP contribution is -2.50. The van der Waals surface area contributed by atoms with E-state index in [0.29, 0.717) is 56.1 Å². The fourth-order valence-electron chi connectivity index (χ4n) is 3.80. The summed E-state index contributed by atoms with van der Waals surface area (Å²) in [6.07, 6.45) is -3.84. The number of hydrogen-bond acceptors (Lipinski definition) is 5. The van der Waals surface area contributed by atoms with Crippen LogP contribution in [0.2, 0.25) is 0 Å². The number of aromatic nitrogens is 2. The number of para-hydroxylation sites is 1. The number of carbonyl (C=O) groups excluding carboxylic acids is 2. The van der Waals surface area contributed by atoms with Crippen molar-refractivity contribution in [2.45, 2.75) is 26.4 Å². The van der Waals surface area contributed by atoms with Gasteiger partial charge in [0, 0.05) is 39.3 Å². The molecule has 0 spiro atoms. The predicted molar refractivity (Wildman–Crippen MR) is 112 cm³/mol. The van der Waals surface area contributed by atoms with E-state index in [-0.39, 0.29) is 6.61 Å². The van der Waals surface area contributed by atoms with Crippen molar-refractivity contribution in [3.05, 3.63) is 47.3 Å². The zero-order valence-corrected chi connectivity index (χ0v) is 18.2. The summed E-state index contributed by atoms with van der Waals surface area (Å²) < 4.78 is 42.5. The minimum atomic E-state index is -4.31. The number of piperazine rings is 1. The highest BCUT2D eigenvalue weighted by atomic mass is 19.4. The number of halogens is 3. The van der Waals surface area contributed by atoms with Crippen LogP contribution < -0.4 is 0 Å². The van der Waals surface area contributed by atoms with Crippen molar-refractivity contribution in [2.75, 3.05) is 45.9 Å². The first kappa shape index (κ1) is 23.9. The number of hydrogen-bond donors (Lipinski definition) is 0. The van der Waals surface area contributed by atoms with E-state index in [1.807, 2.05) is 30.3 Å². The summed E-state index contributed by atoms with van der Waals surface area (Å²) in [5.74, 6) is -1.13. The van der Waals surface area contributed by atoms with Crippen LogP contribution in [0, 0.1) is 13.8 Å². The SMILES string of the molecule is Cc1nn(-c2ccccc2)c(C)c1C(=O)C(=O)N1CCN(CCCOCC(F)(F)F)CC1. The Kier molecular flexibility index (Phi) is 7.68. The van der Waals surface area contributed by atoms with Crippen molar-refractivity contribution in [1.82, 2.24) is 19.6 Å². The topological polar surface area (TPSA) is 67.7 Å². The number of carbonyl (C=O) groups is 2. The third-order valence-electron chi connectivity index (χ3n) is 5.40. The smallest absolute Gasteiger partial charge is 0.372 e. The van der Waals surface area contributed by atoms with E-state index >= 15 is 0 Å². The fraction of sp³-hybridized carbons (Fsp3) is 0.500. The normalized spacial score (nSPS) is 15.2. The van der Waals surface area contributed by atoms with Crippen LogP contribution >= 0.6 is 0 Å². The van der Waals surface area contributed by atoms with Crippen LogP contribution in [-0.4, -0.2) is 83.4 Å². The second-order valence-corrected chi connectivity index (χ2v) is 7.78. The quantitative estimate of drug-likeness (QED) is 0.350. The first-order chi connectivity index (χ1) is 15.2. The van der Waals surface area contributed by atoms with Crippen LogP contribution in [0.4, 0.5) is 13.2 Å². The molecule has 1 fully saturated rings. The molecule has 2 aromatic rings. The predicted octanol–water partition coefficient (Wildman–Crippen LogP) is 2.79. The summed E-state index contributed by atoms with van der Waals surface area (Å²) in [7, 11) is 0. The maximum atomic E-state index is 13.0. The molecule has 0 atom stereocenters. The highest BCUT2D eigenvalue weighted by Crippen LogP contribution is 2.20. The summed E-state index contributed by atoms with van der Waals surface area (Å²) in [6, 6.07) is 9.40. The van der Waals surface area contributed by atoms with Crippen molar-refractivity contribution < 1.29 is 27.5 Å². The van der Waals surface area contributed by atoms with Crippen molar-refractivity contribution in [3.63, 3.8) is 0 Å². The second-order valence-electron chi connectivity index (χ2n) is 7.78. The molecule has 174 valence electrons. The summed E-state index contributed by atoms with van der Waals surface area (Å²) in [5, 5.41) is 4.44. The van der Waals surface area contributed by atoms with Gasteiger partial charge in [-0.2, -0.15) is 18.3 Å². The Morgan fingerprint density at radius 3 is 2.34 bits per heavy atom. The number of aryl methyl sites for hydroxylation is 1. The monoisotopic (exact) mass is 452 g/mol. The first-order valence-electron chi connectivity index (χ1n) is 10.5. The third-order valence-corrected chi connectivity index (χ3v) is 5.40. The second kappa shape index (κ2) is 10.3. The number of ether oxygens (including phenoxy) is 1. The first-order valence-corrected chi connectivity index (χ1v) is 10.5. The summed E-state index contributed by atoms with van der Waals surface area (Å²) in [5.41, 5.74) is 2.25. The zero-order valence-electron chi connectivity index (χ0n) is 18.2. The molecular weight excluding hydrogens is 425 g/mol. The van der Waals surface area contributed by atoms with E-state index in [2.05, 4.69) is 14.7 Å². The largest absolute Gasteiger partial charge is 0.411 e. The van der Waals surface area contributed by atoms with Crippen molar-refractivity contribution in [1.29, 1.82) is 0 Å². The molecule has 0 unspecified atom stereocenters. The third kappa shape index (κ3) is 5.95. The maximum absolute atomic E-state index is 13.0. The molecule has 10 heteroatoms. The zero-order chi connectivity index (χ0) is 23.3. The highest BCUT2D eigenvalue weighted by Gasteiger charge is 2.31. The van der Waals surface area contributed by atoms with Gasteiger partial charge in [0.25, 0.3) is 11.7 Å². The van der Waals surface area contributed by atoms with Crippen molar-refractivity contribution >= 4 is 11.7 Å². The van der Waals surface area contributed by atoms with Gasteiger partial charge in [-0.1, -0.05) is 18.2 Å². The van der Waals surface area contributed by atoms with E-state index in [0.717, 1.165) is 5.69 Å². The Bertz CT molecular complexity index is 936. The van der Waals surface area contributed by atoms with Crippen LogP contribution in [0.3, 0.4) is 0 Å². The Hall–Kier alpha value is -2.72. The lowest BCUT2D eigenvalue weighted by atomic mass is 10.1. The average Bonchev–Trinajstić information content (AvgIpc) is 3.06. The van der Waals surface area contributed by atoms with Crippen LogP contribution in [0.5, 0.6) is 0 Å². The molecule has 0 N–H and O–H groups in total. The molecule has 7 nitrogen and oxygen atoms in total. The minimum Gasteiger partial charge on any atom is -0.372 e. The van der Waals surface area contributed by atoms with E-state index in [1.54, 1.807) is 18.5 Å². The Labute approximate surface area is 184 Å². The van der Waals surface area contributed by atoms with Crippen LogP contribution in [0.25, 0.3) is 5.69 Å². The Balaban J connectivity index is 1.52. The highest BCUT2D eigenvalue weighted by molar-refractivity contribution is 6.43. The van der Waals surface area contributed by atoms with Gasteiger partial charge in [-0.3, -0.25) is 14.5 Å². The fourth-order valence-corrected chi connectivity index (χ4v) is 3.80. The summed E-state index contributed by atoms with van der Waals surface area (Å²) in [6.45, 7) is 4.74. The molecular formula is C22H27F3N4O3. The number of benzene rings is 1. The molecule has 2 heterocycles. The lowest BCUT2D eigenvalue weighted by Gasteiger charge is -2.34. The molecule has 1 amide bonds. The number of Topliss-reactive ketones (excluding diaryl/α,β-unsaturated/α-hetero) is 1. The van der Waals surface area contributed by atoms with E-state index in [9.17, 15) is 22.8 Å². The average molecular weight is 452 g/mol. The molecule has 1 aliphatic heterocycles. The standard InChI is InChI=1S/C22H27F3N4O3/c1-16-19(17(2)29(26-16)18-7-4-3-5-8-18)20(30)21(31)28-12-10-27(11-13-28)9-6-14-32-15-22(23,24)25/h3-5,7-8H,6,9-15H2,1-2H3. The van der Waals surface area contributed by atoms with Crippen molar-refractivity contribution in [2.24, 2.45) is 0 Å². The maximum Gasteiger partial charge on any atom is 0.411 e. The van der Waals surface area contributed by atoms with E-state index in [1.165, 1.54) is 4.90 Å². The number of alkyl halides is 3. The number of ketones is 1. The van der Waals surface area contributed by atoms with Crippen LogP contribution in [0.1, 0.15) is 28.2 Å². The summed E-state index contributed by atoms with van der Waals surface area (Å²) in [4.78, 5) is 29.4. The van der Waals surface area contributed by atoms with Gasteiger partial charge in [-0.05, 0) is 32.4 Å². The van der Waals surface area contributed by atoms with Gasteiger partial charge in [0.15, 0.2) is 0 Å². The van der Waals surface area contributed by atoms with Gasteiger partial charge in [0.05, 0.1) is 22.6 Å². The molecule has 1 saturated heterocycles. The van der Waals surface area contributed by atoms with Gasteiger partial charge in [0.2, 0.25) is 0 Å². The Morgan fingerprint density at radius 1 is 1.06 bits per heavy atom. The van der Waals surface area contributed by atoms with Crippen molar-refractivity contribution in [3.8, 4) is 5.69 Å². The lowest BCUT2D eigenvalue weighted by molar-refractivity contribution is -0.174. The van der Waals surface area contributed by atoms with Gasteiger partial charge < -0.3 is 9.64 Å². The molecule has 0 radical (unpaired) electrons. The molecule has 32 heavy (non-hydrogen) atoms. The van der Waals surface area contributed by atoms with E-state index < -0.39 is 24.5 Å². The van der Waals surface area contributed by atoms with Crippen LogP contribution in [-0.2, 0) is 9.53 Å². The molecule has 3 rings (SSSR count). The molecule has 1 aromatic heterocycles. The minimum absolute atomic E-state index is 0.0289. The van der Waals surface area contributed by atoms with Gasteiger partial charge >= 0.3 is 6.18 Å². The van der Waals surface area contributed by atoms with Crippen LogP contribution in [0.15, 0.2) is 30.3 Å².